The van der Waals surface area contributed by atoms with Crippen LogP contribution in [-0.4, -0.2) is 76.2 Å². The van der Waals surface area contributed by atoms with Crippen LogP contribution in [0.3, 0.4) is 0 Å². The van der Waals surface area contributed by atoms with E-state index in [1.165, 1.54) is 0 Å². The van der Waals surface area contributed by atoms with E-state index in [-0.39, 0.29) is 5.95 Å². The zero-order chi connectivity index (χ0) is 23.5. The van der Waals surface area contributed by atoms with Crippen molar-refractivity contribution in [3.63, 3.8) is 0 Å². The molecule has 1 fully saturated rings. The highest BCUT2D eigenvalue weighted by Crippen LogP contribution is 2.30. The number of halogens is 1. The minimum atomic E-state index is 0.144. The normalized spacial score (nSPS) is 14.9. The van der Waals surface area contributed by atoms with Gasteiger partial charge in [-0.15, -0.1) is 0 Å². The lowest BCUT2D eigenvalue weighted by atomic mass is 10.1. The van der Waals surface area contributed by atoms with Crippen molar-refractivity contribution in [2.75, 3.05) is 52.6 Å². The molecular formula is C24H30ClN7O. The van der Waals surface area contributed by atoms with E-state index in [4.69, 9.17) is 22.1 Å². The fourth-order valence-corrected chi connectivity index (χ4v) is 4.51. The lowest BCUT2D eigenvalue weighted by Gasteiger charge is -2.30. The summed E-state index contributed by atoms with van der Waals surface area (Å²) in [6.07, 6.45) is 4.42. The van der Waals surface area contributed by atoms with E-state index in [1.807, 2.05) is 30.8 Å². The number of likely N-dealkylation sites (N-methyl/N-ethyl adjacent to an activating group) is 1. The first-order valence-corrected chi connectivity index (χ1v) is 11.4. The van der Waals surface area contributed by atoms with Gasteiger partial charge < -0.3 is 19.9 Å². The Morgan fingerprint density at radius 2 is 1.91 bits per heavy atom. The lowest BCUT2D eigenvalue weighted by molar-refractivity contribution is 0.168. The van der Waals surface area contributed by atoms with Gasteiger partial charge in [0.15, 0.2) is 0 Å². The lowest BCUT2D eigenvalue weighted by Crippen LogP contribution is -2.44. The van der Waals surface area contributed by atoms with Gasteiger partial charge in [-0.3, -0.25) is 9.88 Å². The van der Waals surface area contributed by atoms with E-state index in [2.05, 4.69) is 43.6 Å². The van der Waals surface area contributed by atoms with E-state index in [0.717, 1.165) is 66.2 Å². The van der Waals surface area contributed by atoms with Gasteiger partial charge in [0.25, 0.3) is 0 Å². The van der Waals surface area contributed by atoms with Crippen LogP contribution in [0.25, 0.3) is 11.0 Å². The molecule has 0 unspecified atom stereocenters. The van der Waals surface area contributed by atoms with Crippen molar-refractivity contribution in [1.82, 2.24) is 29.3 Å². The Morgan fingerprint density at radius 3 is 2.64 bits per heavy atom. The average molecular weight is 468 g/mol. The first-order chi connectivity index (χ1) is 15.9. The van der Waals surface area contributed by atoms with Crippen molar-refractivity contribution in [2.45, 2.75) is 26.8 Å². The van der Waals surface area contributed by atoms with Crippen molar-refractivity contribution in [1.29, 1.82) is 0 Å². The molecule has 0 amide bonds. The average Bonchev–Trinajstić information content (AvgIpc) is 3.12. The molecule has 3 aromatic rings. The Morgan fingerprint density at radius 1 is 1.15 bits per heavy atom. The highest BCUT2D eigenvalue weighted by Gasteiger charge is 2.18. The second-order valence-electron chi connectivity index (χ2n) is 8.51. The Bertz CT molecular complexity index is 1220. The molecule has 33 heavy (non-hydrogen) atoms. The fraction of sp³-hybridized carbons (Fsp3) is 0.458. The van der Waals surface area contributed by atoms with Gasteiger partial charge in [0.1, 0.15) is 16.5 Å². The number of hydrogen-bond acceptors (Lipinski definition) is 7. The largest absolute Gasteiger partial charge is 0.496 e. The maximum Gasteiger partial charge on any atom is 0.223 e. The summed E-state index contributed by atoms with van der Waals surface area (Å²) in [5.74, 6) is 7.61. The molecule has 174 valence electrons. The molecular weight excluding hydrogens is 438 g/mol. The number of piperazine rings is 1. The predicted octanol–water partition coefficient (Wildman–Crippen LogP) is 2.53. The van der Waals surface area contributed by atoms with Gasteiger partial charge in [0, 0.05) is 56.1 Å². The molecule has 0 spiro atoms. The molecule has 4 rings (SSSR count). The molecule has 0 radical (unpaired) electrons. The van der Waals surface area contributed by atoms with Gasteiger partial charge in [-0.1, -0.05) is 23.4 Å². The third kappa shape index (κ3) is 5.06. The monoisotopic (exact) mass is 467 g/mol. The fourth-order valence-electron chi connectivity index (χ4n) is 4.21. The van der Waals surface area contributed by atoms with Crippen LogP contribution in [-0.2, 0) is 13.0 Å². The first kappa shape index (κ1) is 23.3. The van der Waals surface area contributed by atoms with E-state index in [0.29, 0.717) is 23.8 Å². The summed E-state index contributed by atoms with van der Waals surface area (Å²) in [5.41, 5.74) is 10.5. The summed E-state index contributed by atoms with van der Waals surface area (Å²) >= 11 is 6.49. The second kappa shape index (κ2) is 9.96. The smallest absolute Gasteiger partial charge is 0.223 e. The summed E-state index contributed by atoms with van der Waals surface area (Å²) in [4.78, 5) is 18.0. The topological polar surface area (TPSA) is 85.3 Å². The van der Waals surface area contributed by atoms with Crippen LogP contribution in [0.5, 0.6) is 5.75 Å². The van der Waals surface area contributed by atoms with Crippen molar-refractivity contribution in [3.8, 4) is 17.6 Å². The van der Waals surface area contributed by atoms with Gasteiger partial charge in [0.2, 0.25) is 5.95 Å². The predicted molar refractivity (Wildman–Crippen MR) is 132 cm³/mol. The molecule has 1 aliphatic heterocycles. The van der Waals surface area contributed by atoms with Gasteiger partial charge >= 0.3 is 0 Å². The van der Waals surface area contributed by atoms with Crippen molar-refractivity contribution >= 4 is 28.6 Å². The van der Waals surface area contributed by atoms with Crippen LogP contribution in [0.2, 0.25) is 5.15 Å². The molecule has 1 saturated heterocycles. The maximum atomic E-state index is 6.49. The highest BCUT2D eigenvalue weighted by molar-refractivity contribution is 6.34. The Kier molecular flexibility index (Phi) is 7.03. The van der Waals surface area contributed by atoms with Crippen molar-refractivity contribution < 1.29 is 4.74 Å². The number of rotatable bonds is 5. The number of methoxy groups -OCH3 is 1. The molecule has 3 aromatic heterocycles. The number of ether oxygens (including phenoxy) is 1. The number of aryl methyl sites for hydroxylation is 1. The van der Waals surface area contributed by atoms with Crippen molar-refractivity contribution in [2.24, 2.45) is 0 Å². The molecule has 1 aliphatic rings. The van der Waals surface area contributed by atoms with Crippen LogP contribution in [0, 0.1) is 25.7 Å². The summed E-state index contributed by atoms with van der Waals surface area (Å²) in [7, 11) is 3.83. The van der Waals surface area contributed by atoms with Crippen LogP contribution < -0.4 is 10.5 Å². The summed E-state index contributed by atoms with van der Waals surface area (Å²) in [5, 5.41) is 1.13. The van der Waals surface area contributed by atoms with Gasteiger partial charge in [0.05, 0.1) is 31.3 Å². The number of aromatic nitrogens is 4. The van der Waals surface area contributed by atoms with E-state index < -0.39 is 0 Å². The third-order valence-electron chi connectivity index (χ3n) is 6.14. The molecule has 0 aromatic carbocycles. The van der Waals surface area contributed by atoms with E-state index in [9.17, 15) is 0 Å². The molecule has 0 bridgehead atoms. The Hall–Kier alpha value is -2.86. The molecule has 0 atom stereocenters. The zero-order valence-corrected chi connectivity index (χ0v) is 20.4. The molecule has 0 aliphatic carbocycles. The van der Waals surface area contributed by atoms with Crippen LogP contribution in [0.4, 0.5) is 5.95 Å². The summed E-state index contributed by atoms with van der Waals surface area (Å²) in [6, 6.07) is 0. The number of hydrogen-bond donors (Lipinski definition) is 1. The standard InChI is InChI=1S/C24H30ClN7O/c1-16-13-27-19(17(2)21(16)33-4)15-32-14-18(20-22(25)28-24(26)29-23(20)32)7-5-6-8-31-11-9-30(3)10-12-31/h13-14H,7-12,15H2,1-4H3,(H2,26,28,29). The molecule has 2 N–H and O–H groups in total. The minimum absolute atomic E-state index is 0.144. The van der Waals surface area contributed by atoms with Crippen LogP contribution in [0.1, 0.15) is 22.4 Å². The zero-order valence-electron chi connectivity index (χ0n) is 19.7. The highest BCUT2D eigenvalue weighted by atomic mass is 35.5. The first-order valence-electron chi connectivity index (χ1n) is 11.0. The summed E-state index contributed by atoms with van der Waals surface area (Å²) in [6.45, 7) is 9.56. The molecule has 9 heteroatoms. The van der Waals surface area contributed by atoms with Crippen LogP contribution in [0.15, 0.2) is 12.4 Å². The van der Waals surface area contributed by atoms with Gasteiger partial charge in [-0.2, -0.15) is 4.98 Å². The second-order valence-corrected chi connectivity index (χ2v) is 8.87. The number of fused-ring (bicyclic) bond motifs is 1. The third-order valence-corrected chi connectivity index (χ3v) is 6.41. The number of pyridine rings is 1. The SMILES string of the molecule is COc1c(C)cnc(Cn2cc(CC#CCN3CCN(C)CC3)c3c(Cl)nc(N)nc32)c1C. The van der Waals surface area contributed by atoms with E-state index >= 15 is 0 Å². The Balaban J connectivity index is 1.61. The van der Waals surface area contributed by atoms with Crippen molar-refractivity contribution in [3.05, 3.63) is 39.9 Å². The molecule has 4 heterocycles. The number of nitrogens with two attached hydrogens (primary N) is 1. The maximum absolute atomic E-state index is 6.49. The quantitative estimate of drug-likeness (QED) is 0.456. The van der Waals surface area contributed by atoms with Gasteiger partial charge in [-0.05, 0) is 26.5 Å². The Labute approximate surface area is 199 Å². The number of nitrogens with zero attached hydrogens (tertiary/aromatic N) is 6. The molecule has 0 saturated carbocycles. The molecule has 8 nitrogen and oxygen atoms in total. The van der Waals surface area contributed by atoms with E-state index in [1.54, 1.807) is 7.11 Å². The minimum Gasteiger partial charge on any atom is -0.496 e. The number of anilines is 1. The summed E-state index contributed by atoms with van der Waals surface area (Å²) < 4.78 is 7.58. The van der Waals surface area contributed by atoms with Gasteiger partial charge in [-0.25, -0.2) is 4.98 Å². The number of nitrogen functional groups attached to an aromatic ring is 1. The van der Waals surface area contributed by atoms with Crippen LogP contribution >= 0.6 is 11.6 Å².